The van der Waals surface area contributed by atoms with E-state index in [0.29, 0.717) is 5.56 Å². The first kappa shape index (κ1) is 24.5. The van der Waals surface area contributed by atoms with Gasteiger partial charge in [0.25, 0.3) is 5.91 Å². The summed E-state index contributed by atoms with van der Waals surface area (Å²) in [6.45, 7) is 2.57. The standard InChI is InChI=1S/C21H29N3O6S/c1-15-8-10-17(11-9-15)12-13-31(28,29)22-14-19(25)30-16(2)20(26)24-21(27)23-18-6-4-3-5-7-18/h8-13,16,18,22H,3-7,14H2,1-2H3,(H2,23,24,26,27). The van der Waals surface area contributed by atoms with Crippen molar-refractivity contribution in [1.82, 2.24) is 15.4 Å². The van der Waals surface area contributed by atoms with Crippen molar-refractivity contribution in [2.75, 3.05) is 6.54 Å². The number of ether oxygens (including phenoxy) is 1. The fourth-order valence-electron chi connectivity index (χ4n) is 3.03. The van der Waals surface area contributed by atoms with Crippen LogP contribution in [0.2, 0.25) is 0 Å². The van der Waals surface area contributed by atoms with E-state index in [-0.39, 0.29) is 6.04 Å². The maximum atomic E-state index is 12.0. The summed E-state index contributed by atoms with van der Waals surface area (Å²) in [6, 6.07) is 6.61. The molecule has 31 heavy (non-hydrogen) atoms. The number of hydrogen-bond donors (Lipinski definition) is 3. The van der Waals surface area contributed by atoms with Gasteiger partial charge in [-0.15, -0.1) is 0 Å². The number of sulfonamides is 1. The smallest absolute Gasteiger partial charge is 0.321 e. The molecule has 1 atom stereocenters. The molecule has 0 bridgehead atoms. The molecule has 1 aromatic carbocycles. The third kappa shape index (κ3) is 9.31. The van der Waals surface area contributed by atoms with Crippen molar-refractivity contribution in [3.05, 3.63) is 40.8 Å². The molecule has 0 aliphatic heterocycles. The topological polar surface area (TPSA) is 131 Å². The number of imide groups is 1. The zero-order chi connectivity index (χ0) is 22.9. The molecule has 0 aromatic heterocycles. The molecule has 1 unspecified atom stereocenters. The first-order chi connectivity index (χ1) is 14.6. The minimum absolute atomic E-state index is 0.0294. The third-order valence-electron chi connectivity index (χ3n) is 4.79. The summed E-state index contributed by atoms with van der Waals surface area (Å²) in [5.74, 6) is -1.73. The van der Waals surface area contributed by atoms with Crippen LogP contribution in [-0.4, -0.2) is 45.0 Å². The van der Waals surface area contributed by atoms with E-state index in [1.165, 1.54) is 13.0 Å². The Labute approximate surface area is 182 Å². The summed E-state index contributed by atoms with van der Waals surface area (Å²) in [6.07, 6.45) is 5.07. The third-order valence-corrected chi connectivity index (χ3v) is 5.83. The summed E-state index contributed by atoms with van der Waals surface area (Å²) in [5, 5.41) is 5.80. The van der Waals surface area contributed by atoms with Gasteiger partial charge in [-0.3, -0.25) is 14.9 Å². The van der Waals surface area contributed by atoms with E-state index in [0.717, 1.165) is 43.1 Å². The Hall–Kier alpha value is -2.72. The number of carbonyl (C=O) groups is 3. The van der Waals surface area contributed by atoms with E-state index in [2.05, 4.69) is 15.4 Å². The van der Waals surface area contributed by atoms with Gasteiger partial charge in [0.2, 0.25) is 10.0 Å². The van der Waals surface area contributed by atoms with Crippen LogP contribution in [0, 0.1) is 6.92 Å². The monoisotopic (exact) mass is 451 g/mol. The lowest BCUT2D eigenvalue weighted by molar-refractivity contribution is -0.153. The van der Waals surface area contributed by atoms with Crippen molar-refractivity contribution in [2.45, 2.75) is 58.1 Å². The second-order valence-corrected chi connectivity index (χ2v) is 9.16. The first-order valence-corrected chi connectivity index (χ1v) is 11.7. The van der Waals surface area contributed by atoms with Crippen LogP contribution in [0.3, 0.4) is 0 Å². The number of esters is 1. The molecule has 3 N–H and O–H groups in total. The number of aryl methyl sites for hydroxylation is 1. The van der Waals surface area contributed by atoms with Gasteiger partial charge in [-0.1, -0.05) is 49.1 Å². The molecule has 1 saturated carbocycles. The normalized spacial score (nSPS) is 15.9. The number of amides is 3. The van der Waals surface area contributed by atoms with Crippen molar-refractivity contribution in [3.63, 3.8) is 0 Å². The predicted octanol–water partition coefficient (Wildman–Crippen LogP) is 1.98. The van der Waals surface area contributed by atoms with Crippen LogP contribution in [0.15, 0.2) is 29.7 Å². The largest absolute Gasteiger partial charge is 0.452 e. The minimum Gasteiger partial charge on any atom is -0.452 e. The van der Waals surface area contributed by atoms with E-state index in [1.54, 1.807) is 12.1 Å². The summed E-state index contributed by atoms with van der Waals surface area (Å²) in [7, 11) is -3.87. The van der Waals surface area contributed by atoms with Crippen molar-refractivity contribution >= 4 is 34.0 Å². The molecule has 1 fully saturated rings. The Bertz CT molecular complexity index is 906. The summed E-state index contributed by atoms with van der Waals surface area (Å²) >= 11 is 0. The number of rotatable bonds is 8. The second-order valence-electron chi connectivity index (χ2n) is 7.51. The average molecular weight is 452 g/mol. The van der Waals surface area contributed by atoms with Crippen LogP contribution >= 0.6 is 0 Å². The fourth-order valence-corrected chi connectivity index (χ4v) is 3.78. The molecule has 3 amide bonds. The number of hydrogen-bond acceptors (Lipinski definition) is 6. The van der Waals surface area contributed by atoms with Crippen LogP contribution in [-0.2, 0) is 24.3 Å². The summed E-state index contributed by atoms with van der Waals surface area (Å²) < 4.78 is 31.0. The highest BCUT2D eigenvalue weighted by atomic mass is 32.2. The van der Waals surface area contributed by atoms with E-state index < -0.39 is 40.6 Å². The van der Waals surface area contributed by atoms with Crippen molar-refractivity contribution in [2.24, 2.45) is 0 Å². The van der Waals surface area contributed by atoms with Crippen molar-refractivity contribution < 1.29 is 27.5 Å². The Balaban J connectivity index is 1.74. The number of carbonyl (C=O) groups excluding carboxylic acids is 3. The van der Waals surface area contributed by atoms with Gasteiger partial charge in [0, 0.05) is 11.4 Å². The lowest BCUT2D eigenvalue weighted by Crippen LogP contribution is -2.48. The Morgan fingerprint density at radius 2 is 1.77 bits per heavy atom. The molecule has 1 aliphatic rings. The van der Waals surface area contributed by atoms with Crippen LogP contribution in [0.5, 0.6) is 0 Å². The van der Waals surface area contributed by atoms with Gasteiger partial charge >= 0.3 is 12.0 Å². The molecular formula is C21H29N3O6S. The van der Waals surface area contributed by atoms with Gasteiger partial charge in [0.15, 0.2) is 6.10 Å². The SMILES string of the molecule is Cc1ccc(C=CS(=O)(=O)NCC(=O)OC(C)C(=O)NC(=O)NC2CCCCC2)cc1. The number of nitrogens with one attached hydrogen (secondary N) is 3. The Morgan fingerprint density at radius 1 is 1.13 bits per heavy atom. The minimum atomic E-state index is -3.87. The molecular weight excluding hydrogens is 422 g/mol. The van der Waals surface area contributed by atoms with E-state index in [4.69, 9.17) is 4.74 Å². The number of urea groups is 1. The lowest BCUT2D eigenvalue weighted by Gasteiger charge is -2.23. The molecule has 0 saturated heterocycles. The lowest BCUT2D eigenvalue weighted by atomic mass is 9.96. The highest BCUT2D eigenvalue weighted by Gasteiger charge is 2.22. The van der Waals surface area contributed by atoms with Gasteiger partial charge in [-0.2, -0.15) is 0 Å². The van der Waals surface area contributed by atoms with Crippen molar-refractivity contribution in [3.8, 4) is 0 Å². The molecule has 10 heteroatoms. The summed E-state index contributed by atoms with van der Waals surface area (Å²) in [5.41, 5.74) is 1.74. The zero-order valence-corrected chi connectivity index (χ0v) is 18.5. The van der Waals surface area contributed by atoms with E-state index >= 15 is 0 Å². The maximum Gasteiger partial charge on any atom is 0.321 e. The molecule has 1 aromatic rings. The van der Waals surface area contributed by atoms with Gasteiger partial charge in [-0.25, -0.2) is 17.9 Å². The highest BCUT2D eigenvalue weighted by Crippen LogP contribution is 2.17. The molecule has 0 spiro atoms. The van der Waals surface area contributed by atoms with E-state index in [1.807, 2.05) is 19.1 Å². The summed E-state index contributed by atoms with van der Waals surface area (Å²) in [4.78, 5) is 35.8. The van der Waals surface area contributed by atoms with Crippen LogP contribution < -0.4 is 15.4 Å². The van der Waals surface area contributed by atoms with Crippen LogP contribution in [0.1, 0.15) is 50.2 Å². The maximum absolute atomic E-state index is 12.0. The van der Waals surface area contributed by atoms with Crippen LogP contribution in [0.25, 0.3) is 6.08 Å². The van der Waals surface area contributed by atoms with Gasteiger partial charge in [0.05, 0.1) is 0 Å². The Morgan fingerprint density at radius 3 is 2.42 bits per heavy atom. The molecule has 1 aliphatic carbocycles. The van der Waals surface area contributed by atoms with Gasteiger partial charge in [0.1, 0.15) is 6.54 Å². The molecule has 9 nitrogen and oxygen atoms in total. The van der Waals surface area contributed by atoms with Gasteiger partial charge in [-0.05, 0) is 38.3 Å². The van der Waals surface area contributed by atoms with E-state index in [9.17, 15) is 22.8 Å². The molecule has 0 heterocycles. The average Bonchev–Trinajstić information content (AvgIpc) is 2.72. The quantitative estimate of drug-likeness (QED) is 0.518. The second kappa shape index (κ2) is 11.6. The van der Waals surface area contributed by atoms with Gasteiger partial charge < -0.3 is 10.1 Å². The highest BCUT2D eigenvalue weighted by molar-refractivity contribution is 7.92. The molecule has 0 radical (unpaired) electrons. The zero-order valence-electron chi connectivity index (χ0n) is 17.7. The predicted molar refractivity (Wildman–Crippen MR) is 116 cm³/mol. The van der Waals surface area contributed by atoms with Crippen molar-refractivity contribution in [1.29, 1.82) is 0 Å². The molecule has 170 valence electrons. The molecule has 2 rings (SSSR count). The first-order valence-electron chi connectivity index (χ1n) is 10.2. The number of benzene rings is 1. The van der Waals surface area contributed by atoms with Crippen LogP contribution in [0.4, 0.5) is 4.79 Å². The fraction of sp³-hybridized carbons (Fsp3) is 0.476. The Kier molecular flexibility index (Phi) is 9.20.